The molecule has 3 rings (SSSR count). The summed E-state index contributed by atoms with van der Waals surface area (Å²) in [6, 6.07) is 8.57. The number of piperidine rings is 1. The molecule has 1 aromatic rings. The van der Waals surface area contributed by atoms with Crippen LogP contribution in [-0.4, -0.2) is 55.7 Å². The lowest BCUT2D eigenvalue weighted by Crippen LogP contribution is -2.45. The van der Waals surface area contributed by atoms with Crippen molar-refractivity contribution < 1.29 is 9.53 Å². The summed E-state index contributed by atoms with van der Waals surface area (Å²) in [5, 5.41) is 6.77. The fraction of sp³-hybridized carbons (Fsp3) is 0.636. The van der Waals surface area contributed by atoms with Crippen LogP contribution in [0.25, 0.3) is 0 Å². The van der Waals surface area contributed by atoms with Gasteiger partial charge in [-0.15, -0.1) is 0 Å². The Morgan fingerprint density at radius 2 is 2.17 bits per heavy atom. The highest BCUT2D eigenvalue weighted by Crippen LogP contribution is 2.23. The van der Waals surface area contributed by atoms with E-state index in [9.17, 15) is 4.79 Å². The van der Waals surface area contributed by atoms with Crippen LogP contribution < -0.4 is 16.4 Å². The van der Waals surface area contributed by atoms with E-state index in [1.54, 1.807) is 7.05 Å². The second-order valence-corrected chi connectivity index (χ2v) is 8.48. The van der Waals surface area contributed by atoms with Crippen molar-refractivity contribution in [3.63, 3.8) is 0 Å². The van der Waals surface area contributed by atoms with Crippen molar-refractivity contribution >= 4 is 11.9 Å². The van der Waals surface area contributed by atoms with Gasteiger partial charge < -0.3 is 21.1 Å². The van der Waals surface area contributed by atoms with Crippen LogP contribution in [0.2, 0.25) is 0 Å². The lowest BCUT2D eigenvalue weighted by atomic mass is 9.97. The van der Waals surface area contributed by atoms with Crippen molar-refractivity contribution in [2.45, 2.75) is 51.3 Å². The third-order valence-electron chi connectivity index (χ3n) is 5.92. The highest BCUT2D eigenvalue weighted by Gasteiger charge is 2.29. The van der Waals surface area contributed by atoms with Crippen LogP contribution in [-0.2, 0) is 22.6 Å². The van der Waals surface area contributed by atoms with Gasteiger partial charge in [0.15, 0.2) is 5.96 Å². The molecule has 7 heteroatoms. The number of nitrogens with two attached hydrogens (primary N) is 1. The van der Waals surface area contributed by atoms with E-state index in [0.29, 0.717) is 6.54 Å². The predicted octanol–water partition coefficient (Wildman–Crippen LogP) is 1.62. The molecule has 0 bridgehead atoms. The van der Waals surface area contributed by atoms with E-state index in [1.807, 2.05) is 0 Å². The number of nitrogens with one attached hydrogen (secondary N) is 2. The zero-order valence-corrected chi connectivity index (χ0v) is 17.7. The molecule has 1 aromatic carbocycles. The second-order valence-electron chi connectivity index (χ2n) is 8.48. The van der Waals surface area contributed by atoms with E-state index >= 15 is 0 Å². The standard InChI is InChI=1S/C22H35N5O2/c1-22(9-5-11-29-22)16-26-21(24-2)25-13-17-6-3-7-18(12-17)14-27-10-4-8-19(15-27)20(23)28/h3,6-7,12,19H,4-5,8-11,13-16H2,1-2H3,(H2,23,28)(H2,24,25,26). The summed E-state index contributed by atoms with van der Waals surface area (Å²) < 4.78 is 5.83. The average Bonchev–Trinajstić information content (AvgIpc) is 3.15. The Morgan fingerprint density at radius 3 is 2.90 bits per heavy atom. The Kier molecular flexibility index (Phi) is 7.50. The number of benzene rings is 1. The maximum absolute atomic E-state index is 11.5. The number of guanidine groups is 1. The number of hydrogen-bond acceptors (Lipinski definition) is 4. The van der Waals surface area contributed by atoms with E-state index in [-0.39, 0.29) is 17.4 Å². The summed E-state index contributed by atoms with van der Waals surface area (Å²) >= 11 is 0. The number of rotatable bonds is 7. The first-order chi connectivity index (χ1) is 14.0. The minimum atomic E-state index is -0.177. The molecular formula is C22H35N5O2. The van der Waals surface area contributed by atoms with Gasteiger partial charge in [-0.25, -0.2) is 0 Å². The molecule has 1 amide bonds. The van der Waals surface area contributed by atoms with Crippen molar-refractivity contribution in [3.05, 3.63) is 35.4 Å². The Labute approximate surface area is 174 Å². The number of amides is 1. The van der Waals surface area contributed by atoms with Gasteiger partial charge in [-0.1, -0.05) is 24.3 Å². The molecule has 2 fully saturated rings. The molecule has 2 unspecified atom stereocenters. The van der Waals surface area contributed by atoms with E-state index in [0.717, 1.165) is 64.4 Å². The summed E-state index contributed by atoms with van der Waals surface area (Å²) in [5.74, 6) is 0.588. The van der Waals surface area contributed by atoms with Crippen LogP contribution in [0.1, 0.15) is 43.7 Å². The lowest BCUT2D eigenvalue weighted by molar-refractivity contribution is -0.123. The van der Waals surface area contributed by atoms with Crippen molar-refractivity contribution in [3.8, 4) is 0 Å². The maximum Gasteiger partial charge on any atom is 0.221 e. The van der Waals surface area contributed by atoms with Crippen LogP contribution in [0.15, 0.2) is 29.3 Å². The minimum absolute atomic E-state index is 0.0197. The Hall–Kier alpha value is -2.12. The quantitative estimate of drug-likeness (QED) is 0.477. The average molecular weight is 402 g/mol. The zero-order chi connectivity index (χ0) is 20.7. The number of likely N-dealkylation sites (tertiary alicyclic amines) is 1. The Morgan fingerprint density at radius 1 is 1.34 bits per heavy atom. The third kappa shape index (κ3) is 6.44. The van der Waals surface area contributed by atoms with Crippen LogP contribution in [0.3, 0.4) is 0 Å². The Balaban J connectivity index is 1.49. The van der Waals surface area contributed by atoms with Crippen LogP contribution in [0.4, 0.5) is 0 Å². The van der Waals surface area contributed by atoms with Gasteiger partial charge in [0.25, 0.3) is 0 Å². The molecule has 29 heavy (non-hydrogen) atoms. The maximum atomic E-state index is 11.5. The first-order valence-corrected chi connectivity index (χ1v) is 10.7. The number of ether oxygens (including phenoxy) is 1. The normalized spacial score (nSPS) is 25.7. The second kappa shape index (κ2) is 10.1. The molecular weight excluding hydrogens is 366 g/mol. The van der Waals surface area contributed by atoms with E-state index in [4.69, 9.17) is 10.5 Å². The largest absolute Gasteiger partial charge is 0.373 e. The zero-order valence-electron chi connectivity index (χ0n) is 17.7. The summed E-state index contributed by atoms with van der Waals surface area (Å²) in [6.45, 7) is 7.07. The molecule has 0 spiro atoms. The van der Waals surface area contributed by atoms with Gasteiger partial charge in [0.2, 0.25) is 5.91 Å². The fourth-order valence-electron chi connectivity index (χ4n) is 4.18. The molecule has 2 heterocycles. The molecule has 2 atom stereocenters. The van der Waals surface area contributed by atoms with Gasteiger partial charge in [-0.05, 0) is 50.3 Å². The molecule has 2 saturated heterocycles. The van der Waals surface area contributed by atoms with Gasteiger partial charge in [0, 0.05) is 39.8 Å². The van der Waals surface area contributed by atoms with Gasteiger partial charge >= 0.3 is 0 Å². The molecule has 2 aliphatic rings. The summed E-state index contributed by atoms with van der Waals surface area (Å²) in [7, 11) is 1.79. The smallest absolute Gasteiger partial charge is 0.221 e. The van der Waals surface area contributed by atoms with E-state index in [2.05, 4.69) is 51.7 Å². The van der Waals surface area contributed by atoms with Crippen molar-refractivity contribution in [1.29, 1.82) is 0 Å². The van der Waals surface area contributed by atoms with Crippen LogP contribution >= 0.6 is 0 Å². The highest BCUT2D eigenvalue weighted by atomic mass is 16.5. The first-order valence-electron chi connectivity index (χ1n) is 10.7. The summed E-state index contributed by atoms with van der Waals surface area (Å²) in [5.41, 5.74) is 7.86. The number of aliphatic imine (C=N–C) groups is 1. The molecule has 2 aliphatic heterocycles. The number of hydrogen-bond donors (Lipinski definition) is 3. The fourth-order valence-corrected chi connectivity index (χ4v) is 4.18. The molecule has 7 nitrogen and oxygen atoms in total. The minimum Gasteiger partial charge on any atom is -0.373 e. The monoisotopic (exact) mass is 401 g/mol. The van der Waals surface area contributed by atoms with Crippen molar-refractivity contribution in [1.82, 2.24) is 15.5 Å². The summed E-state index contributed by atoms with van der Waals surface area (Å²) in [4.78, 5) is 18.2. The molecule has 0 aromatic heterocycles. The molecule has 0 saturated carbocycles. The number of primary amides is 1. The van der Waals surface area contributed by atoms with E-state index < -0.39 is 0 Å². The molecule has 160 valence electrons. The first kappa shape index (κ1) is 21.6. The lowest BCUT2D eigenvalue weighted by Gasteiger charge is -2.31. The van der Waals surface area contributed by atoms with Gasteiger partial charge in [0.1, 0.15) is 0 Å². The number of carbonyl (C=O) groups excluding carboxylic acids is 1. The van der Waals surface area contributed by atoms with Gasteiger partial charge in [0.05, 0.1) is 11.5 Å². The number of nitrogens with zero attached hydrogens (tertiary/aromatic N) is 2. The predicted molar refractivity (Wildman–Crippen MR) is 115 cm³/mol. The molecule has 0 radical (unpaired) electrons. The SMILES string of the molecule is CN=C(NCc1cccc(CN2CCCC(C(N)=O)C2)c1)NCC1(C)CCCO1. The van der Waals surface area contributed by atoms with Crippen LogP contribution in [0.5, 0.6) is 0 Å². The summed E-state index contributed by atoms with van der Waals surface area (Å²) in [6.07, 6.45) is 4.13. The highest BCUT2D eigenvalue weighted by molar-refractivity contribution is 5.79. The van der Waals surface area contributed by atoms with Crippen LogP contribution in [0, 0.1) is 5.92 Å². The van der Waals surface area contributed by atoms with Crippen molar-refractivity contribution in [2.24, 2.45) is 16.6 Å². The Bertz CT molecular complexity index is 715. The van der Waals surface area contributed by atoms with Gasteiger partial charge in [-0.3, -0.25) is 14.7 Å². The van der Waals surface area contributed by atoms with E-state index in [1.165, 1.54) is 11.1 Å². The van der Waals surface area contributed by atoms with Crippen molar-refractivity contribution in [2.75, 3.05) is 33.3 Å². The number of carbonyl (C=O) groups is 1. The molecule has 4 N–H and O–H groups in total. The topological polar surface area (TPSA) is 92.0 Å². The van der Waals surface area contributed by atoms with Gasteiger partial charge in [-0.2, -0.15) is 0 Å². The third-order valence-corrected chi connectivity index (χ3v) is 5.92. The molecule has 0 aliphatic carbocycles.